The minimum Gasteiger partial charge on any atom is -0.463 e. The molecule has 0 aliphatic carbocycles. The van der Waals surface area contributed by atoms with Crippen molar-refractivity contribution < 1.29 is 129 Å². The Morgan fingerprint density at radius 2 is 0.600 bits per heavy atom. The first kappa shape index (κ1) is 95.8. The van der Waals surface area contributed by atoms with E-state index in [2.05, 4.69) is 59.2 Å². The number of allylic oxidation sites excluding steroid dienone is 1. The molecule has 0 aromatic carbocycles. The summed E-state index contributed by atoms with van der Waals surface area (Å²) in [4.78, 5) is 127. The Labute approximate surface area is 564 Å². The van der Waals surface area contributed by atoms with Gasteiger partial charge in [-0.15, -0.1) is 0 Å². The van der Waals surface area contributed by atoms with Gasteiger partial charge in [0.25, 0.3) is 0 Å². The fraction of sp³-hybridized carbons (Fsp3) is 0.567. The zero-order valence-electron chi connectivity index (χ0n) is 54.1. The lowest BCUT2D eigenvalue weighted by molar-refractivity contribution is -0.165. The van der Waals surface area contributed by atoms with Gasteiger partial charge < -0.3 is 76.5 Å². The second-order valence-corrected chi connectivity index (χ2v) is 21.1. The molecule has 0 saturated carbocycles. The Morgan fingerprint density at radius 3 is 0.884 bits per heavy atom. The van der Waals surface area contributed by atoms with E-state index in [1.54, 1.807) is 13.8 Å². The van der Waals surface area contributed by atoms with Crippen LogP contribution in [0.1, 0.15) is 107 Å². The molecule has 0 rings (SSSR count). The second-order valence-electron chi connectivity index (χ2n) is 20.7. The number of halogens is 1. The Hall–Kier alpha value is -7.92. The number of aliphatic hydroxyl groups is 2. The average molecular weight is 1380 g/mol. The van der Waals surface area contributed by atoms with Crippen LogP contribution in [0.4, 0.5) is 0 Å². The van der Waals surface area contributed by atoms with Gasteiger partial charge in [0, 0.05) is 74.0 Å². The Morgan fingerprint density at radius 1 is 0.358 bits per heavy atom. The number of esters is 10. The first-order valence-corrected chi connectivity index (χ1v) is 29.7. The van der Waals surface area contributed by atoms with Gasteiger partial charge in [0.2, 0.25) is 5.24 Å². The SMILES string of the molecule is C.C.C=CC(=O)Cl.C=CC(=O)OCCCCOCC(COC(=O)C(=C)CC(C)(C)C(=O)OCC(COCCCCOC(=O)C=C)OC(=O)C=C)OC(=O)C=C.C=CC(=O)OCCCCOCC(O)COC(=O)C(=C)CC(C)(C)C(=O)OCC(O)COCCCCOC(=O)C=C. The van der Waals surface area contributed by atoms with Gasteiger partial charge in [0.15, 0.2) is 12.2 Å². The standard InChI is InChI=1S/C34H48O14.C28H44O12.C3H3ClO.2CH4/c1-8-28(35)43-18-14-12-16-41-21-26(47-30(37)10-3)23-45-32(39)25(5)20-34(6,7)33(40)46-24-27(48-31(38)11-4)22-42-17-13-15-19-44-29(36)9-2;1-6-24(31)37-14-10-8-12-35-17-22(29)19-39-26(33)21(3)16-28(4,5)27(34)40-20-23(30)18-36-13-9-11-15-38-25(32)7-2;1-2-3(4)5;;/h8-11,26-27H,1-5,12-24H2,6-7H3;6-7,22-23,29-30H,1-3,8-20H2,4-5H3;2H,1H2;2*1H4. The molecule has 0 amide bonds. The van der Waals surface area contributed by atoms with E-state index in [4.69, 9.17) is 77.9 Å². The molecule has 0 bridgehead atoms. The van der Waals surface area contributed by atoms with Crippen molar-refractivity contribution in [3.05, 3.63) is 113 Å². The lowest BCUT2D eigenvalue weighted by Gasteiger charge is -2.25. The van der Waals surface area contributed by atoms with E-state index in [9.17, 15) is 63.0 Å². The van der Waals surface area contributed by atoms with Gasteiger partial charge in [0.05, 0.1) is 63.7 Å². The number of hydrogen-bond acceptors (Lipinski definition) is 27. The van der Waals surface area contributed by atoms with Crippen LogP contribution in [0.15, 0.2) is 113 Å². The molecule has 0 aliphatic rings. The number of aliphatic hydroxyl groups excluding tert-OH is 2. The summed E-state index contributed by atoms with van der Waals surface area (Å²) in [5.74, 6) is -6.44. The summed E-state index contributed by atoms with van der Waals surface area (Å²) < 4.78 is 72.3. The summed E-state index contributed by atoms with van der Waals surface area (Å²) in [6.07, 6.45) is 7.69. The van der Waals surface area contributed by atoms with Crippen molar-refractivity contribution in [2.45, 2.75) is 131 Å². The highest BCUT2D eigenvalue weighted by molar-refractivity contribution is 6.66. The fourth-order valence-electron chi connectivity index (χ4n) is 6.40. The van der Waals surface area contributed by atoms with Gasteiger partial charge in [-0.2, -0.15) is 0 Å². The smallest absolute Gasteiger partial charge is 0.333 e. The summed E-state index contributed by atoms with van der Waals surface area (Å²) in [7, 11) is 0. The van der Waals surface area contributed by atoms with Crippen molar-refractivity contribution in [2.24, 2.45) is 10.8 Å². The minimum atomic E-state index is -1.23. The predicted molar refractivity (Wildman–Crippen MR) is 350 cm³/mol. The van der Waals surface area contributed by atoms with Gasteiger partial charge in [-0.25, -0.2) is 38.4 Å². The molecule has 0 fully saturated rings. The minimum absolute atomic E-state index is 0. The molecule has 4 atom stereocenters. The molecule has 2 N–H and O–H groups in total. The van der Waals surface area contributed by atoms with E-state index in [1.165, 1.54) is 13.8 Å². The molecular formula is C67H103ClO27. The Kier molecular flexibility index (Phi) is 60.3. The normalized spacial score (nSPS) is 11.6. The molecule has 0 heterocycles. The predicted octanol–water partition coefficient (Wildman–Crippen LogP) is 7.32. The topological polar surface area (TPSA) is 357 Å². The fourth-order valence-corrected chi connectivity index (χ4v) is 6.40. The molecular weight excluding hydrogens is 1270 g/mol. The molecule has 0 aliphatic heterocycles. The first-order valence-electron chi connectivity index (χ1n) is 29.3. The van der Waals surface area contributed by atoms with E-state index < -0.39 is 100 Å². The summed E-state index contributed by atoms with van der Waals surface area (Å²) in [5, 5.41) is 19.4. The largest absolute Gasteiger partial charge is 0.463 e. The Bertz CT molecular complexity index is 2410. The summed E-state index contributed by atoms with van der Waals surface area (Å²) in [5.41, 5.74) is -2.38. The number of unbranched alkanes of at least 4 members (excludes halogenated alkanes) is 4. The zero-order valence-corrected chi connectivity index (χ0v) is 54.8. The van der Waals surface area contributed by atoms with Crippen molar-refractivity contribution in [2.75, 3.05) is 106 Å². The molecule has 0 radical (unpaired) electrons. The average Bonchev–Trinajstić information content (AvgIpc) is 1.00. The lowest BCUT2D eigenvalue weighted by atomic mass is 9.86. The van der Waals surface area contributed by atoms with Crippen LogP contribution < -0.4 is 0 Å². The van der Waals surface area contributed by atoms with E-state index in [0.717, 1.165) is 42.5 Å². The van der Waals surface area contributed by atoms with Crippen molar-refractivity contribution >= 4 is 76.5 Å². The number of hydrogen-bond donors (Lipinski definition) is 2. The van der Waals surface area contributed by atoms with Crippen LogP contribution in [0.2, 0.25) is 0 Å². The van der Waals surface area contributed by atoms with Gasteiger partial charge in [-0.3, -0.25) is 14.4 Å². The number of ether oxygens (including phenoxy) is 14. The van der Waals surface area contributed by atoms with Crippen LogP contribution in [-0.4, -0.2) is 205 Å². The third kappa shape index (κ3) is 56.2. The monoisotopic (exact) mass is 1370 g/mol. The zero-order chi connectivity index (χ0) is 71.0. The highest BCUT2D eigenvalue weighted by atomic mass is 35.5. The van der Waals surface area contributed by atoms with Crippen LogP contribution >= 0.6 is 11.6 Å². The summed E-state index contributed by atoms with van der Waals surface area (Å²) in [6.45, 7) is 37.1. The Balaban J connectivity index is -0.000000526. The lowest BCUT2D eigenvalue weighted by Crippen LogP contribution is -2.34. The van der Waals surface area contributed by atoms with Crippen molar-refractivity contribution in [1.29, 1.82) is 0 Å². The maximum Gasteiger partial charge on any atom is 0.333 e. The second kappa shape index (κ2) is 59.8. The maximum atomic E-state index is 12.9. The van der Waals surface area contributed by atoms with E-state index >= 15 is 0 Å². The van der Waals surface area contributed by atoms with Crippen molar-refractivity contribution in [3.63, 3.8) is 0 Å². The van der Waals surface area contributed by atoms with Crippen LogP contribution in [0.5, 0.6) is 0 Å². The van der Waals surface area contributed by atoms with E-state index in [0.29, 0.717) is 64.6 Å². The molecule has 27 nitrogen and oxygen atoms in total. The van der Waals surface area contributed by atoms with Gasteiger partial charge >= 0.3 is 59.7 Å². The number of carbonyl (C=O) groups is 11. The van der Waals surface area contributed by atoms with Gasteiger partial charge in [0.1, 0.15) is 38.6 Å². The molecule has 0 aromatic rings. The highest BCUT2D eigenvalue weighted by Crippen LogP contribution is 2.28. The summed E-state index contributed by atoms with van der Waals surface area (Å²) >= 11 is 4.71. The molecule has 540 valence electrons. The quantitative estimate of drug-likeness (QED) is 0.0198. The van der Waals surface area contributed by atoms with Gasteiger partial charge in [-0.05, 0) is 110 Å². The molecule has 0 spiro atoms. The van der Waals surface area contributed by atoms with Crippen LogP contribution in [0.3, 0.4) is 0 Å². The number of carbonyl (C=O) groups excluding carboxylic acids is 11. The van der Waals surface area contributed by atoms with Gasteiger partial charge in [-0.1, -0.05) is 74.1 Å². The molecule has 0 aromatic heterocycles. The molecule has 28 heteroatoms. The summed E-state index contributed by atoms with van der Waals surface area (Å²) in [6, 6.07) is 0. The van der Waals surface area contributed by atoms with Crippen LogP contribution in [0.25, 0.3) is 0 Å². The highest BCUT2D eigenvalue weighted by Gasteiger charge is 2.35. The van der Waals surface area contributed by atoms with E-state index in [-0.39, 0.29) is 131 Å². The van der Waals surface area contributed by atoms with E-state index in [1.807, 2.05) is 0 Å². The molecule has 95 heavy (non-hydrogen) atoms. The van der Waals surface area contributed by atoms with Crippen molar-refractivity contribution in [3.8, 4) is 0 Å². The van der Waals surface area contributed by atoms with Crippen LogP contribution in [-0.2, 0) is 119 Å². The molecule has 0 saturated heterocycles. The third-order valence-corrected chi connectivity index (χ3v) is 11.4. The third-order valence-electron chi connectivity index (χ3n) is 11.3. The van der Waals surface area contributed by atoms with Crippen LogP contribution in [0, 0.1) is 10.8 Å². The van der Waals surface area contributed by atoms with Crippen molar-refractivity contribution in [1.82, 2.24) is 0 Å². The maximum absolute atomic E-state index is 12.9. The number of rotatable bonds is 53. The molecule has 4 unspecified atom stereocenters. The first-order chi connectivity index (χ1) is 44.0.